The van der Waals surface area contributed by atoms with E-state index in [1.54, 1.807) is 35.3 Å². The maximum atomic E-state index is 9.72. The number of aromatic hydroxyl groups is 1. The number of aromatic nitrogens is 3. The minimum Gasteiger partial charge on any atom is -0.508 e. The van der Waals surface area contributed by atoms with Gasteiger partial charge in [0.1, 0.15) is 12.1 Å². The van der Waals surface area contributed by atoms with Crippen LogP contribution >= 0.6 is 23.2 Å². The lowest BCUT2D eigenvalue weighted by atomic mass is 10.2. The molecule has 0 spiro atoms. The molecule has 0 aliphatic rings. The summed E-state index contributed by atoms with van der Waals surface area (Å²) in [6, 6.07) is 10.0. The van der Waals surface area contributed by atoms with E-state index in [1.165, 1.54) is 12.1 Å². The van der Waals surface area contributed by atoms with E-state index in [2.05, 4.69) is 15.2 Å². The maximum Gasteiger partial charge on any atom is 0.170 e. The van der Waals surface area contributed by atoms with Crippen molar-refractivity contribution in [2.45, 2.75) is 6.92 Å². The summed E-state index contributed by atoms with van der Waals surface area (Å²) in [5.74, 6) is 0.581. The molecule has 0 amide bonds. The Labute approximate surface area is 142 Å². The fourth-order valence-corrected chi connectivity index (χ4v) is 2.59. The van der Waals surface area contributed by atoms with Crippen LogP contribution in [0.3, 0.4) is 0 Å². The van der Waals surface area contributed by atoms with Gasteiger partial charge in [0, 0.05) is 16.8 Å². The highest BCUT2D eigenvalue weighted by Crippen LogP contribution is 2.34. The molecular weight excluding hydrogens is 335 g/mol. The zero-order chi connectivity index (χ0) is 16.4. The Kier molecular flexibility index (Phi) is 4.32. The number of hydrogen-bond donors (Lipinski definition) is 1. The Bertz CT molecular complexity index is 890. The smallest absolute Gasteiger partial charge is 0.170 e. The quantitative estimate of drug-likeness (QED) is 0.701. The predicted molar refractivity (Wildman–Crippen MR) is 92.3 cm³/mol. The summed E-state index contributed by atoms with van der Waals surface area (Å²) >= 11 is 12.3. The van der Waals surface area contributed by atoms with Crippen LogP contribution in [0.2, 0.25) is 10.0 Å². The molecule has 116 valence electrons. The first kappa shape index (κ1) is 15.5. The van der Waals surface area contributed by atoms with Crippen molar-refractivity contribution < 1.29 is 5.11 Å². The highest BCUT2D eigenvalue weighted by atomic mass is 35.5. The van der Waals surface area contributed by atoms with E-state index in [1.807, 2.05) is 13.0 Å². The van der Waals surface area contributed by atoms with Gasteiger partial charge >= 0.3 is 0 Å². The molecular formula is C16H12Cl2N4O. The first-order valence-corrected chi connectivity index (χ1v) is 7.53. The minimum absolute atomic E-state index is 0.0943. The molecule has 0 radical (unpaired) electrons. The van der Waals surface area contributed by atoms with Crippen molar-refractivity contribution in [1.29, 1.82) is 0 Å². The lowest BCUT2D eigenvalue weighted by Gasteiger charge is -2.11. The zero-order valence-corrected chi connectivity index (χ0v) is 13.6. The average molecular weight is 347 g/mol. The Hall–Kier alpha value is -2.37. The molecule has 0 atom stereocenters. The van der Waals surface area contributed by atoms with Crippen LogP contribution in [0.4, 0.5) is 5.69 Å². The molecule has 1 aromatic heterocycles. The molecule has 23 heavy (non-hydrogen) atoms. The molecule has 1 heterocycles. The molecule has 7 heteroatoms. The van der Waals surface area contributed by atoms with Crippen molar-refractivity contribution in [3.05, 3.63) is 52.8 Å². The van der Waals surface area contributed by atoms with Crippen molar-refractivity contribution in [2.24, 2.45) is 4.99 Å². The third-order valence-corrected chi connectivity index (χ3v) is 3.77. The Morgan fingerprint density at radius 1 is 1.17 bits per heavy atom. The average Bonchev–Trinajstić information content (AvgIpc) is 3.01. The van der Waals surface area contributed by atoms with Crippen LogP contribution in [0.25, 0.3) is 17.1 Å². The van der Waals surface area contributed by atoms with Gasteiger partial charge in [0.15, 0.2) is 5.82 Å². The third kappa shape index (κ3) is 3.06. The van der Waals surface area contributed by atoms with Crippen molar-refractivity contribution in [2.75, 3.05) is 0 Å². The molecule has 3 rings (SSSR count). The van der Waals surface area contributed by atoms with Gasteiger partial charge in [-0.05, 0) is 43.3 Å². The normalized spacial score (nSPS) is 11.3. The zero-order valence-electron chi connectivity index (χ0n) is 12.1. The van der Waals surface area contributed by atoms with Gasteiger partial charge in [0.2, 0.25) is 0 Å². The number of halogens is 2. The first-order chi connectivity index (χ1) is 11.1. The van der Waals surface area contributed by atoms with Gasteiger partial charge in [-0.2, -0.15) is 0 Å². The van der Waals surface area contributed by atoms with Crippen LogP contribution in [0, 0.1) is 0 Å². The van der Waals surface area contributed by atoms with Crippen LogP contribution in [-0.2, 0) is 0 Å². The van der Waals surface area contributed by atoms with Gasteiger partial charge in [-0.3, -0.25) is 9.56 Å². The summed E-state index contributed by atoms with van der Waals surface area (Å²) in [5.41, 5.74) is 2.00. The summed E-state index contributed by atoms with van der Waals surface area (Å²) in [4.78, 5) is 4.34. The fraction of sp³-hybridized carbons (Fsp3) is 0.0625. The third-order valence-electron chi connectivity index (χ3n) is 3.20. The van der Waals surface area contributed by atoms with E-state index in [0.717, 1.165) is 5.69 Å². The molecule has 0 bridgehead atoms. The van der Waals surface area contributed by atoms with E-state index in [4.69, 9.17) is 23.2 Å². The number of phenolic OH excluding ortho intramolecular Hbond substituents is 1. The van der Waals surface area contributed by atoms with E-state index < -0.39 is 0 Å². The summed E-state index contributed by atoms with van der Waals surface area (Å²) in [7, 11) is 0. The highest BCUT2D eigenvalue weighted by Gasteiger charge is 2.15. The summed E-state index contributed by atoms with van der Waals surface area (Å²) < 4.78 is 1.73. The lowest BCUT2D eigenvalue weighted by Crippen LogP contribution is -1.97. The van der Waals surface area contributed by atoms with Crippen LogP contribution in [-0.4, -0.2) is 26.1 Å². The summed E-state index contributed by atoms with van der Waals surface area (Å²) in [5, 5.41) is 18.8. The van der Waals surface area contributed by atoms with Crippen LogP contribution in [0.15, 0.2) is 47.7 Å². The second-order valence-electron chi connectivity index (χ2n) is 4.71. The summed E-state index contributed by atoms with van der Waals surface area (Å²) in [6.45, 7) is 1.83. The minimum atomic E-state index is 0.0943. The molecule has 3 aromatic rings. The second kappa shape index (κ2) is 6.40. The number of rotatable bonds is 3. The van der Waals surface area contributed by atoms with Crippen molar-refractivity contribution in [1.82, 2.24) is 14.8 Å². The Morgan fingerprint density at radius 2 is 2.00 bits per heavy atom. The molecule has 0 aliphatic carbocycles. The van der Waals surface area contributed by atoms with Gasteiger partial charge in [0.05, 0.1) is 16.4 Å². The molecule has 0 fully saturated rings. The van der Waals surface area contributed by atoms with E-state index in [-0.39, 0.29) is 5.75 Å². The molecule has 0 unspecified atom stereocenters. The van der Waals surface area contributed by atoms with Gasteiger partial charge in [0.25, 0.3) is 0 Å². The summed E-state index contributed by atoms with van der Waals surface area (Å²) in [6.07, 6.45) is 3.24. The van der Waals surface area contributed by atoms with Crippen molar-refractivity contribution >= 4 is 35.1 Å². The molecule has 0 saturated heterocycles. The number of nitrogens with zero attached hydrogens (tertiary/aromatic N) is 4. The van der Waals surface area contributed by atoms with Crippen LogP contribution in [0.1, 0.15) is 6.92 Å². The Balaban J connectivity index is 2.23. The number of phenols is 1. The lowest BCUT2D eigenvalue weighted by molar-refractivity contribution is 0.475. The van der Waals surface area contributed by atoms with Gasteiger partial charge in [-0.25, -0.2) is 0 Å². The Morgan fingerprint density at radius 3 is 2.78 bits per heavy atom. The maximum absolute atomic E-state index is 9.72. The van der Waals surface area contributed by atoms with E-state index >= 15 is 0 Å². The monoisotopic (exact) mass is 346 g/mol. The first-order valence-electron chi connectivity index (χ1n) is 6.77. The van der Waals surface area contributed by atoms with E-state index in [9.17, 15) is 5.11 Å². The van der Waals surface area contributed by atoms with Gasteiger partial charge < -0.3 is 5.11 Å². The fourth-order valence-electron chi connectivity index (χ4n) is 2.22. The van der Waals surface area contributed by atoms with E-state index in [0.29, 0.717) is 27.1 Å². The molecule has 1 N–H and O–H groups in total. The van der Waals surface area contributed by atoms with Crippen molar-refractivity contribution in [3.63, 3.8) is 0 Å². The van der Waals surface area contributed by atoms with Gasteiger partial charge in [-0.1, -0.05) is 23.2 Å². The van der Waals surface area contributed by atoms with Crippen LogP contribution < -0.4 is 0 Å². The molecule has 2 aromatic carbocycles. The number of hydrogen-bond acceptors (Lipinski definition) is 4. The van der Waals surface area contributed by atoms with Crippen molar-refractivity contribution in [3.8, 4) is 22.8 Å². The molecule has 5 nitrogen and oxygen atoms in total. The van der Waals surface area contributed by atoms with Crippen LogP contribution in [0.5, 0.6) is 5.75 Å². The number of aliphatic imine (C=N–C) groups is 1. The topological polar surface area (TPSA) is 63.3 Å². The largest absolute Gasteiger partial charge is 0.508 e. The standard InChI is InChI=1S/C16H12Cl2N4O/c1-2-19-14-6-3-10(17)7-15(14)22-9-20-21-16(22)12-8-11(23)4-5-13(12)18/h2-9,23H,1H3. The SMILES string of the molecule is CC=Nc1ccc(Cl)cc1-n1cnnc1-c1cc(O)ccc1Cl. The predicted octanol–water partition coefficient (Wildman–Crippen LogP) is 4.67. The number of benzene rings is 2. The molecule has 0 saturated carbocycles. The molecule has 0 aliphatic heterocycles. The van der Waals surface area contributed by atoms with Gasteiger partial charge in [-0.15, -0.1) is 10.2 Å². The second-order valence-corrected chi connectivity index (χ2v) is 5.55. The highest BCUT2D eigenvalue weighted by molar-refractivity contribution is 6.33.